The van der Waals surface area contributed by atoms with Crippen LogP contribution in [-0.2, 0) is 9.16 Å². The van der Waals surface area contributed by atoms with E-state index in [1.807, 2.05) is 12.1 Å². The van der Waals surface area contributed by atoms with Gasteiger partial charge in [-0.2, -0.15) is 0 Å². The zero-order chi connectivity index (χ0) is 13.3. The van der Waals surface area contributed by atoms with Gasteiger partial charge in [-0.05, 0) is 16.8 Å². The monoisotopic (exact) mass is 272 g/mol. The lowest BCUT2D eigenvalue weighted by atomic mass is 10.4. The van der Waals surface area contributed by atoms with Gasteiger partial charge in [0.2, 0.25) is 9.04 Å². The average Bonchev–Trinajstić information content (AvgIpc) is 2.49. The van der Waals surface area contributed by atoms with Crippen molar-refractivity contribution in [3.05, 3.63) is 60.7 Å². The van der Waals surface area contributed by atoms with Crippen molar-refractivity contribution in [3.63, 3.8) is 0 Å². The first-order valence-corrected chi connectivity index (χ1v) is 8.25. The molecule has 0 bridgehead atoms. The van der Waals surface area contributed by atoms with Crippen molar-refractivity contribution < 1.29 is 9.16 Å². The topological polar surface area (TPSA) is 18.5 Å². The van der Waals surface area contributed by atoms with Crippen molar-refractivity contribution in [2.24, 2.45) is 0 Å². The lowest BCUT2D eigenvalue weighted by molar-refractivity contribution is 0.173. The van der Waals surface area contributed by atoms with E-state index in [1.54, 1.807) is 7.11 Å². The first-order valence-electron chi connectivity index (χ1n) is 6.62. The lowest BCUT2D eigenvalue weighted by Crippen LogP contribution is -2.45. The number of hydrogen-bond donors (Lipinski definition) is 0. The van der Waals surface area contributed by atoms with Gasteiger partial charge < -0.3 is 9.16 Å². The van der Waals surface area contributed by atoms with Crippen LogP contribution in [0, 0.1) is 0 Å². The molecule has 2 nitrogen and oxygen atoms in total. The van der Waals surface area contributed by atoms with E-state index in [0.29, 0.717) is 0 Å². The Hall–Kier alpha value is -1.42. The Balaban J connectivity index is 2.10. The average molecular weight is 272 g/mol. The molecule has 0 aliphatic heterocycles. The molecule has 0 amide bonds. The molecule has 0 heterocycles. The number of ether oxygens (including phenoxy) is 1. The van der Waals surface area contributed by atoms with Crippen molar-refractivity contribution in [1.29, 1.82) is 0 Å². The van der Waals surface area contributed by atoms with E-state index >= 15 is 0 Å². The summed E-state index contributed by atoms with van der Waals surface area (Å²) < 4.78 is 11.2. The third-order valence-corrected chi connectivity index (χ3v) is 5.53. The van der Waals surface area contributed by atoms with Gasteiger partial charge in [-0.3, -0.25) is 0 Å². The third kappa shape index (κ3) is 4.31. The highest BCUT2D eigenvalue weighted by Gasteiger charge is 2.16. The Bertz CT molecular complexity index is 419. The van der Waals surface area contributed by atoms with Crippen LogP contribution in [0.4, 0.5) is 0 Å². The molecule has 2 aromatic rings. The molecule has 0 unspecified atom stereocenters. The van der Waals surface area contributed by atoms with Crippen LogP contribution >= 0.6 is 0 Å². The summed E-state index contributed by atoms with van der Waals surface area (Å²) in [6.07, 6.45) is 0.944. The summed E-state index contributed by atoms with van der Waals surface area (Å²) in [7, 11) is 0.177. The summed E-state index contributed by atoms with van der Waals surface area (Å²) in [6.45, 7) is 1.51. The van der Waals surface area contributed by atoms with Gasteiger partial charge in [0.25, 0.3) is 0 Å². The van der Waals surface area contributed by atoms with E-state index in [1.165, 1.54) is 10.4 Å². The van der Waals surface area contributed by atoms with Crippen LogP contribution in [0.5, 0.6) is 0 Å². The maximum Gasteiger partial charge on any atom is 0.239 e. The largest absolute Gasteiger partial charge is 0.411 e. The maximum atomic E-state index is 6.18. The molecule has 0 aliphatic rings. The van der Waals surface area contributed by atoms with E-state index in [4.69, 9.17) is 9.16 Å². The minimum absolute atomic E-state index is 0.755. The second kappa shape index (κ2) is 7.89. The number of hydrogen-bond acceptors (Lipinski definition) is 2. The quantitative estimate of drug-likeness (QED) is 0.563. The molecule has 19 heavy (non-hydrogen) atoms. The highest BCUT2D eigenvalue weighted by Crippen LogP contribution is 1.96. The highest BCUT2D eigenvalue weighted by molar-refractivity contribution is 6.80. The number of benzene rings is 2. The van der Waals surface area contributed by atoms with Crippen LogP contribution in [0.2, 0.25) is 0 Å². The van der Waals surface area contributed by atoms with Gasteiger partial charge in [0, 0.05) is 20.3 Å². The summed E-state index contributed by atoms with van der Waals surface area (Å²) in [5.74, 6) is 0. The summed E-state index contributed by atoms with van der Waals surface area (Å²) in [6, 6.07) is 21.1. The minimum atomic E-state index is -1.55. The fraction of sp³-hybridized carbons (Fsp3) is 0.250. The Morgan fingerprint density at radius 3 is 1.79 bits per heavy atom. The van der Waals surface area contributed by atoms with Crippen molar-refractivity contribution in [2.45, 2.75) is 6.42 Å². The van der Waals surface area contributed by atoms with Crippen molar-refractivity contribution in [2.75, 3.05) is 20.3 Å². The van der Waals surface area contributed by atoms with Crippen LogP contribution in [0.15, 0.2) is 60.7 Å². The highest BCUT2D eigenvalue weighted by atomic mass is 28.3. The van der Waals surface area contributed by atoms with Crippen LogP contribution in [-0.4, -0.2) is 29.4 Å². The van der Waals surface area contributed by atoms with Crippen LogP contribution in [0.1, 0.15) is 6.42 Å². The van der Waals surface area contributed by atoms with Gasteiger partial charge in [0.05, 0.1) is 0 Å². The van der Waals surface area contributed by atoms with Crippen molar-refractivity contribution in [1.82, 2.24) is 0 Å². The molecular weight excluding hydrogens is 252 g/mol. The predicted molar refractivity (Wildman–Crippen MR) is 81.7 cm³/mol. The second-order valence-electron chi connectivity index (χ2n) is 4.42. The minimum Gasteiger partial charge on any atom is -0.411 e. The predicted octanol–water partition coefficient (Wildman–Crippen LogP) is 1.58. The van der Waals surface area contributed by atoms with Crippen molar-refractivity contribution in [3.8, 4) is 0 Å². The molecule has 0 radical (unpaired) electrons. The first kappa shape index (κ1) is 14.0. The summed E-state index contributed by atoms with van der Waals surface area (Å²) in [5.41, 5.74) is 0. The van der Waals surface area contributed by atoms with E-state index < -0.39 is 9.04 Å². The normalized spacial score (nSPS) is 10.8. The second-order valence-corrected chi connectivity index (χ2v) is 6.85. The van der Waals surface area contributed by atoms with Gasteiger partial charge >= 0.3 is 0 Å². The molecule has 0 saturated heterocycles. The molecule has 3 heteroatoms. The van der Waals surface area contributed by atoms with Crippen LogP contribution < -0.4 is 10.4 Å². The van der Waals surface area contributed by atoms with Gasteiger partial charge in [-0.15, -0.1) is 0 Å². The fourth-order valence-electron chi connectivity index (χ4n) is 2.05. The van der Waals surface area contributed by atoms with E-state index in [0.717, 1.165) is 19.6 Å². The molecule has 100 valence electrons. The molecule has 0 N–H and O–H groups in total. The maximum absolute atomic E-state index is 6.18. The molecule has 0 fully saturated rings. The van der Waals surface area contributed by atoms with E-state index in [2.05, 4.69) is 48.5 Å². The molecule has 2 rings (SSSR count). The van der Waals surface area contributed by atoms with Gasteiger partial charge in [0.15, 0.2) is 0 Å². The Morgan fingerprint density at radius 1 is 0.789 bits per heavy atom. The third-order valence-electron chi connectivity index (χ3n) is 2.98. The van der Waals surface area contributed by atoms with E-state index in [-0.39, 0.29) is 0 Å². The number of rotatable bonds is 7. The van der Waals surface area contributed by atoms with Gasteiger partial charge in [0.1, 0.15) is 0 Å². The fourth-order valence-corrected chi connectivity index (χ4v) is 4.36. The molecule has 0 aromatic heterocycles. The summed E-state index contributed by atoms with van der Waals surface area (Å²) in [5, 5.41) is 2.65. The van der Waals surface area contributed by atoms with Crippen LogP contribution in [0.3, 0.4) is 0 Å². The van der Waals surface area contributed by atoms with Gasteiger partial charge in [-0.25, -0.2) is 0 Å². The number of methoxy groups -OCH3 is 1. The summed E-state index contributed by atoms with van der Waals surface area (Å²) in [4.78, 5) is 0. The summed E-state index contributed by atoms with van der Waals surface area (Å²) >= 11 is 0. The molecule has 0 spiro atoms. The zero-order valence-corrected chi connectivity index (χ0v) is 12.4. The standard InChI is InChI=1S/C16H20O2Si/c1-17-13-8-14-18-19(15-9-4-2-5-10-15)16-11-6-3-7-12-16/h2-7,9-12,19H,8,13-14H2,1H3. The first-order chi connectivity index (χ1) is 9.42. The van der Waals surface area contributed by atoms with Gasteiger partial charge in [-0.1, -0.05) is 60.7 Å². The zero-order valence-electron chi connectivity index (χ0n) is 11.3. The molecule has 0 aliphatic carbocycles. The Morgan fingerprint density at radius 2 is 1.32 bits per heavy atom. The molecule has 2 aromatic carbocycles. The Labute approximate surface area is 116 Å². The molecule has 0 atom stereocenters. The Kier molecular flexibility index (Phi) is 5.81. The SMILES string of the molecule is COCCCO[SiH](c1ccccc1)c1ccccc1. The van der Waals surface area contributed by atoms with Crippen molar-refractivity contribution >= 4 is 19.4 Å². The molecule has 0 saturated carbocycles. The smallest absolute Gasteiger partial charge is 0.239 e. The molecular formula is C16H20O2Si. The van der Waals surface area contributed by atoms with Crippen LogP contribution in [0.25, 0.3) is 0 Å². The van der Waals surface area contributed by atoms with E-state index in [9.17, 15) is 0 Å². The lowest BCUT2D eigenvalue weighted by Gasteiger charge is -2.17.